The van der Waals surface area contributed by atoms with Crippen LogP contribution in [0.15, 0.2) is 40.2 Å². The molecular formula is C21H22BrN3O3S. The van der Waals surface area contributed by atoms with E-state index in [2.05, 4.69) is 21.2 Å². The van der Waals surface area contributed by atoms with Crippen molar-refractivity contribution in [3.63, 3.8) is 0 Å². The van der Waals surface area contributed by atoms with Crippen LogP contribution in [0.25, 0.3) is 0 Å². The van der Waals surface area contributed by atoms with Crippen molar-refractivity contribution in [1.29, 1.82) is 0 Å². The average Bonchev–Trinajstić information content (AvgIpc) is 3.32. The number of nitrogens with zero attached hydrogens (tertiary/aromatic N) is 2. The van der Waals surface area contributed by atoms with E-state index in [1.54, 1.807) is 11.0 Å². The van der Waals surface area contributed by atoms with Crippen molar-refractivity contribution in [3.05, 3.63) is 45.1 Å². The Balaban J connectivity index is 1.35. The smallest absolute Gasteiger partial charge is 0.261 e. The predicted molar refractivity (Wildman–Crippen MR) is 117 cm³/mol. The number of hydrogen-bond acceptors (Lipinski definition) is 4. The van der Waals surface area contributed by atoms with E-state index >= 15 is 0 Å². The maximum absolute atomic E-state index is 12.5. The monoisotopic (exact) mass is 475 g/mol. The van der Waals surface area contributed by atoms with Gasteiger partial charge in [-0.2, -0.15) is 0 Å². The van der Waals surface area contributed by atoms with Crippen molar-refractivity contribution in [2.24, 2.45) is 5.92 Å². The van der Waals surface area contributed by atoms with Gasteiger partial charge in [0.1, 0.15) is 0 Å². The van der Waals surface area contributed by atoms with Crippen LogP contribution in [0.4, 0.5) is 11.4 Å². The number of anilines is 2. The van der Waals surface area contributed by atoms with Crippen LogP contribution in [0.5, 0.6) is 0 Å². The molecule has 0 radical (unpaired) electrons. The standard InChI is InChI=1S/C21H22BrN3O3S/c22-18-9-8-17(29-18)21(28)23-12-14-11-20(27)25(13-14)16-6-4-15(5-7-16)24-10-2-1-3-19(24)26/h4-9,14H,1-3,10-13H2,(H,23,28). The fourth-order valence-electron chi connectivity index (χ4n) is 3.82. The lowest BCUT2D eigenvalue weighted by Crippen LogP contribution is -2.35. The molecule has 1 N–H and O–H groups in total. The molecule has 4 rings (SSSR count). The molecule has 2 aromatic rings. The van der Waals surface area contributed by atoms with Gasteiger partial charge in [0.25, 0.3) is 5.91 Å². The third-order valence-electron chi connectivity index (χ3n) is 5.35. The second-order valence-corrected chi connectivity index (χ2v) is 9.87. The SMILES string of the molecule is O=C(NCC1CC(=O)N(c2ccc(N3CCCCC3=O)cc2)C1)c1ccc(Br)s1. The van der Waals surface area contributed by atoms with Crippen LogP contribution in [0, 0.1) is 5.92 Å². The molecular weight excluding hydrogens is 454 g/mol. The number of hydrogen-bond donors (Lipinski definition) is 1. The van der Waals surface area contributed by atoms with E-state index < -0.39 is 0 Å². The summed E-state index contributed by atoms with van der Waals surface area (Å²) in [5, 5.41) is 2.93. The van der Waals surface area contributed by atoms with Gasteiger partial charge in [0, 0.05) is 49.8 Å². The van der Waals surface area contributed by atoms with Crippen LogP contribution in [-0.2, 0) is 9.59 Å². The molecule has 0 spiro atoms. The highest BCUT2D eigenvalue weighted by Gasteiger charge is 2.31. The van der Waals surface area contributed by atoms with Gasteiger partial charge in [-0.25, -0.2) is 0 Å². The van der Waals surface area contributed by atoms with E-state index in [0.29, 0.717) is 30.8 Å². The van der Waals surface area contributed by atoms with Gasteiger partial charge in [0.05, 0.1) is 8.66 Å². The molecule has 2 aliphatic rings. The zero-order valence-corrected chi connectivity index (χ0v) is 18.3. The first-order chi connectivity index (χ1) is 14.0. The van der Waals surface area contributed by atoms with E-state index in [0.717, 1.165) is 34.5 Å². The Morgan fingerprint density at radius 2 is 1.76 bits per heavy atom. The second kappa shape index (κ2) is 8.67. The van der Waals surface area contributed by atoms with Gasteiger partial charge >= 0.3 is 0 Å². The van der Waals surface area contributed by atoms with Crippen molar-refractivity contribution >= 4 is 56.4 Å². The quantitative estimate of drug-likeness (QED) is 0.714. The molecule has 29 heavy (non-hydrogen) atoms. The first kappa shape index (κ1) is 20.1. The number of benzene rings is 1. The Morgan fingerprint density at radius 1 is 1.03 bits per heavy atom. The van der Waals surface area contributed by atoms with Crippen molar-refractivity contribution in [2.45, 2.75) is 25.7 Å². The molecule has 2 aliphatic heterocycles. The number of rotatable bonds is 5. The Bertz CT molecular complexity index is 928. The molecule has 8 heteroatoms. The number of halogens is 1. The highest BCUT2D eigenvalue weighted by atomic mass is 79.9. The summed E-state index contributed by atoms with van der Waals surface area (Å²) in [7, 11) is 0. The number of nitrogens with one attached hydrogen (secondary N) is 1. The van der Waals surface area contributed by atoms with Crippen molar-refractivity contribution in [3.8, 4) is 0 Å². The van der Waals surface area contributed by atoms with Gasteiger partial charge in [-0.05, 0) is 65.2 Å². The number of thiophene rings is 1. The van der Waals surface area contributed by atoms with Gasteiger partial charge in [-0.15, -0.1) is 11.3 Å². The summed E-state index contributed by atoms with van der Waals surface area (Å²) in [5.41, 5.74) is 1.72. The molecule has 0 aliphatic carbocycles. The van der Waals surface area contributed by atoms with E-state index in [1.165, 1.54) is 11.3 Å². The summed E-state index contributed by atoms with van der Waals surface area (Å²) in [6.07, 6.45) is 2.99. The van der Waals surface area contributed by atoms with Crippen LogP contribution in [0.3, 0.4) is 0 Å². The molecule has 3 heterocycles. The van der Waals surface area contributed by atoms with E-state index in [-0.39, 0.29) is 23.6 Å². The Labute approximate surface area is 182 Å². The molecule has 2 fully saturated rings. The zero-order valence-electron chi connectivity index (χ0n) is 15.9. The fourth-order valence-corrected chi connectivity index (χ4v) is 5.12. The summed E-state index contributed by atoms with van der Waals surface area (Å²) in [5.74, 6) is 0.195. The van der Waals surface area contributed by atoms with Gasteiger partial charge in [0.15, 0.2) is 0 Å². The molecule has 3 amide bonds. The Hall–Kier alpha value is -2.19. The van der Waals surface area contributed by atoms with Crippen LogP contribution in [0.2, 0.25) is 0 Å². The summed E-state index contributed by atoms with van der Waals surface area (Å²) >= 11 is 4.75. The van der Waals surface area contributed by atoms with Crippen LogP contribution >= 0.6 is 27.3 Å². The average molecular weight is 476 g/mol. The third kappa shape index (κ3) is 4.53. The van der Waals surface area contributed by atoms with Gasteiger partial charge in [-0.1, -0.05) is 0 Å². The van der Waals surface area contributed by atoms with Crippen LogP contribution in [-0.4, -0.2) is 37.4 Å². The Kier molecular flexibility index (Phi) is 6.01. The summed E-state index contributed by atoms with van der Waals surface area (Å²) in [4.78, 5) is 41.0. The molecule has 1 aromatic carbocycles. The molecule has 1 aromatic heterocycles. The molecule has 1 atom stereocenters. The molecule has 0 bridgehead atoms. The first-order valence-electron chi connectivity index (χ1n) is 9.75. The minimum atomic E-state index is -0.109. The fraction of sp³-hybridized carbons (Fsp3) is 0.381. The molecule has 2 saturated heterocycles. The van der Waals surface area contributed by atoms with Crippen LogP contribution < -0.4 is 15.1 Å². The first-order valence-corrected chi connectivity index (χ1v) is 11.4. The number of amides is 3. The molecule has 6 nitrogen and oxygen atoms in total. The van der Waals surface area contributed by atoms with Crippen molar-refractivity contribution in [2.75, 3.05) is 29.4 Å². The van der Waals surface area contributed by atoms with E-state index in [1.807, 2.05) is 35.2 Å². The van der Waals surface area contributed by atoms with Crippen LogP contribution in [0.1, 0.15) is 35.4 Å². The van der Waals surface area contributed by atoms with Gasteiger partial charge in [0.2, 0.25) is 11.8 Å². The van der Waals surface area contributed by atoms with Crippen molar-refractivity contribution in [1.82, 2.24) is 5.32 Å². The number of carbonyl (C=O) groups is 3. The molecule has 152 valence electrons. The highest BCUT2D eigenvalue weighted by Crippen LogP contribution is 2.28. The predicted octanol–water partition coefficient (Wildman–Crippen LogP) is 3.81. The third-order valence-corrected chi connectivity index (χ3v) is 6.97. The van der Waals surface area contributed by atoms with Gasteiger partial charge in [-0.3, -0.25) is 14.4 Å². The van der Waals surface area contributed by atoms with Gasteiger partial charge < -0.3 is 15.1 Å². The highest BCUT2D eigenvalue weighted by molar-refractivity contribution is 9.11. The lowest BCUT2D eigenvalue weighted by molar-refractivity contribution is -0.119. The lowest BCUT2D eigenvalue weighted by atomic mass is 10.1. The van der Waals surface area contributed by atoms with Crippen molar-refractivity contribution < 1.29 is 14.4 Å². The zero-order chi connectivity index (χ0) is 20.4. The maximum atomic E-state index is 12.5. The minimum absolute atomic E-state index is 0.0601. The summed E-state index contributed by atoms with van der Waals surface area (Å²) in [6.45, 7) is 1.80. The van der Waals surface area contributed by atoms with E-state index in [4.69, 9.17) is 0 Å². The number of piperidine rings is 1. The molecule has 0 saturated carbocycles. The number of carbonyl (C=O) groups excluding carboxylic acids is 3. The largest absolute Gasteiger partial charge is 0.351 e. The lowest BCUT2D eigenvalue weighted by Gasteiger charge is -2.27. The summed E-state index contributed by atoms with van der Waals surface area (Å²) in [6, 6.07) is 11.3. The minimum Gasteiger partial charge on any atom is -0.351 e. The normalized spacial score (nSPS) is 19.7. The van der Waals surface area contributed by atoms with E-state index in [9.17, 15) is 14.4 Å². The molecule has 1 unspecified atom stereocenters. The summed E-state index contributed by atoms with van der Waals surface area (Å²) < 4.78 is 0.916. The topological polar surface area (TPSA) is 69.7 Å². The Morgan fingerprint density at radius 3 is 2.41 bits per heavy atom. The second-order valence-electron chi connectivity index (χ2n) is 7.41. The maximum Gasteiger partial charge on any atom is 0.261 e.